The Morgan fingerprint density at radius 1 is 0.741 bits per heavy atom. The predicted octanol–water partition coefficient (Wildman–Crippen LogP) is 5.39. The van der Waals surface area contributed by atoms with Gasteiger partial charge in [-0.1, -0.05) is 0 Å². The molecule has 1 heterocycles. The number of fused-ring (bicyclic) bond motifs is 2. The fourth-order valence-electron chi connectivity index (χ4n) is 3.49. The van der Waals surface area contributed by atoms with Crippen LogP contribution in [-0.4, -0.2) is 26.2 Å². The van der Waals surface area contributed by atoms with Gasteiger partial charge in [-0.3, -0.25) is 4.79 Å². The van der Waals surface area contributed by atoms with Gasteiger partial charge in [0.05, 0.1) is 11.4 Å². The number of nitrogens with zero attached hydrogens (tertiary/aromatic N) is 2. The van der Waals surface area contributed by atoms with E-state index < -0.39 is 11.6 Å². The van der Waals surface area contributed by atoms with Crippen LogP contribution in [0.2, 0.25) is 0 Å². The maximum Gasteiger partial charge on any atom is 0.196 e. The summed E-state index contributed by atoms with van der Waals surface area (Å²) in [6.07, 6.45) is 0. The molecule has 3 rings (SSSR count). The van der Waals surface area contributed by atoms with Gasteiger partial charge in [-0.2, -0.15) is 0 Å². The Morgan fingerprint density at radius 3 is 1.44 bits per heavy atom. The van der Waals surface area contributed by atoms with Gasteiger partial charge in [-0.05, 0) is 52.0 Å². The molecular formula is C21H24F2N2OS. The molecular weight excluding hydrogens is 366 g/mol. The molecule has 0 aliphatic heterocycles. The van der Waals surface area contributed by atoms with Crippen LogP contribution in [0, 0.1) is 11.6 Å². The Hall–Kier alpha value is -2.21. The van der Waals surface area contributed by atoms with E-state index in [0.29, 0.717) is 57.7 Å². The molecule has 0 N–H and O–H groups in total. The van der Waals surface area contributed by atoms with Crippen LogP contribution in [0.3, 0.4) is 0 Å². The summed E-state index contributed by atoms with van der Waals surface area (Å²) in [6, 6.07) is 6.06. The number of anilines is 2. The Balaban J connectivity index is 2.31. The third-order valence-electron chi connectivity index (χ3n) is 5.02. The summed E-state index contributed by atoms with van der Waals surface area (Å²) in [7, 11) is 0. The predicted molar refractivity (Wildman–Crippen MR) is 113 cm³/mol. The van der Waals surface area contributed by atoms with Gasteiger partial charge in [0.1, 0.15) is 11.6 Å². The van der Waals surface area contributed by atoms with Crippen molar-refractivity contribution in [1.29, 1.82) is 0 Å². The zero-order valence-electron chi connectivity index (χ0n) is 16.1. The molecule has 1 aromatic heterocycles. The Kier molecular flexibility index (Phi) is 5.65. The average molecular weight is 390 g/mol. The van der Waals surface area contributed by atoms with Crippen LogP contribution in [0.1, 0.15) is 27.7 Å². The van der Waals surface area contributed by atoms with E-state index in [1.807, 2.05) is 37.5 Å². The molecule has 0 saturated heterocycles. The fourth-order valence-corrected chi connectivity index (χ4v) is 4.59. The van der Waals surface area contributed by atoms with Gasteiger partial charge in [0.15, 0.2) is 5.43 Å². The largest absolute Gasteiger partial charge is 0.370 e. The summed E-state index contributed by atoms with van der Waals surface area (Å²) in [5.41, 5.74) is 0.663. The zero-order valence-corrected chi connectivity index (χ0v) is 16.9. The first-order chi connectivity index (χ1) is 12.9. The molecule has 3 nitrogen and oxygen atoms in total. The molecule has 27 heavy (non-hydrogen) atoms. The first-order valence-corrected chi connectivity index (χ1v) is 10.2. The molecule has 0 radical (unpaired) electrons. The standard InChI is InChI=1S/C21H24F2N2OS/c1-5-24(6-2)17-11-19-13(9-15(17)22)21(26)14-10-16(23)18(12-20(14)27-19)25(7-3)8-4/h9-12H,5-8H2,1-4H3. The second-order valence-electron chi connectivity index (χ2n) is 6.38. The Bertz CT molecular complexity index is 961. The van der Waals surface area contributed by atoms with E-state index in [4.69, 9.17) is 0 Å². The molecule has 0 spiro atoms. The maximum absolute atomic E-state index is 14.6. The molecule has 3 aromatic rings. The molecule has 0 amide bonds. The van der Waals surface area contributed by atoms with E-state index in [2.05, 4.69) is 0 Å². The van der Waals surface area contributed by atoms with Crippen molar-refractivity contribution in [2.45, 2.75) is 27.7 Å². The van der Waals surface area contributed by atoms with E-state index in [0.717, 1.165) is 0 Å². The van der Waals surface area contributed by atoms with Crippen molar-refractivity contribution in [3.63, 3.8) is 0 Å². The SMILES string of the molecule is CCN(CC)c1cc2sc3cc(N(CC)CC)c(F)cc3c(=O)c2cc1F. The summed E-state index contributed by atoms with van der Waals surface area (Å²) >= 11 is 1.40. The molecule has 0 bridgehead atoms. The Morgan fingerprint density at radius 2 is 1.11 bits per heavy atom. The second-order valence-corrected chi connectivity index (χ2v) is 7.46. The zero-order chi connectivity index (χ0) is 19.7. The van der Waals surface area contributed by atoms with Gasteiger partial charge in [0.25, 0.3) is 0 Å². The number of hydrogen-bond acceptors (Lipinski definition) is 4. The first kappa shape index (κ1) is 19.5. The minimum absolute atomic E-state index is 0.302. The molecule has 0 fully saturated rings. The highest BCUT2D eigenvalue weighted by molar-refractivity contribution is 7.24. The van der Waals surface area contributed by atoms with Gasteiger partial charge >= 0.3 is 0 Å². The lowest BCUT2D eigenvalue weighted by Crippen LogP contribution is -2.23. The van der Waals surface area contributed by atoms with Gasteiger partial charge in [0, 0.05) is 46.4 Å². The molecule has 0 unspecified atom stereocenters. The van der Waals surface area contributed by atoms with E-state index >= 15 is 0 Å². The molecule has 144 valence electrons. The van der Waals surface area contributed by atoms with E-state index in [-0.39, 0.29) is 5.43 Å². The summed E-state index contributed by atoms with van der Waals surface area (Å²) in [6.45, 7) is 10.6. The molecule has 6 heteroatoms. The van der Waals surface area contributed by atoms with Gasteiger partial charge < -0.3 is 9.80 Å². The van der Waals surface area contributed by atoms with Crippen LogP contribution < -0.4 is 15.2 Å². The summed E-state index contributed by atoms with van der Waals surface area (Å²) in [5.74, 6) is -0.842. The van der Waals surface area contributed by atoms with Gasteiger partial charge in [-0.15, -0.1) is 11.3 Å². The lowest BCUT2D eigenvalue weighted by atomic mass is 10.1. The van der Waals surface area contributed by atoms with Crippen molar-refractivity contribution >= 4 is 42.9 Å². The molecule has 0 aliphatic rings. The average Bonchev–Trinajstić information content (AvgIpc) is 2.66. The third-order valence-corrected chi connectivity index (χ3v) is 6.13. The third kappa shape index (κ3) is 3.38. The quantitative estimate of drug-likeness (QED) is 0.528. The number of hydrogen-bond donors (Lipinski definition) is 0. The van der Waals surface area contributed by atoms with Crippen molar-refractivity contribution in [2.75, 3.05) is 36.0 Å². The lowest BCUT2D eigenvalue weighted by molar-refractivity contribution is 0.622. The van der Waals surface area contributed by atoms with Crippen LogP contribution in [0.25, 0.3) is 20.2 Å². The van der Waals surface area contributed by atoms with Crippen molar-refractivity contribution < 1.29 is 8.78 Å². The minimum Gasteiger partial charge on any atom is -0.370 e. The highest BCUT2D eigenvalue weighted by Gasteiger charge is 2.17. The van der Waals surface area contributed by atoms with Crippen LogP contribution in [0.5, 0.6) is 0 Å². The summed E-state index contributed by atoms with van der Waals surface area (Å²) in [4.78, 5) is 16.7. The molecule has 2 aromatic carbocycles. The number of benzene rings is 2. The van der Waals surface area contributed by atoms with Crippen molar-refractivity contribution in [1.82, 2.24) is 0 Å². The van der Waals surface area contributed by atoms with Crippen molar-refractivity contribution in [3.8, 4) is 0 Å². The van der Waals surface area contributed by atoms with E-state index in [1.165, 1.54) is 23.5 Å². The van der Waals surface area contributed by atoms with Crippen molar-refractivity contribution in [2.24, 2.45) is 0 Å². The summed E-state index contributed by atoms with van der Waals surface area (Å²) < 4.78 is 30.6. The molecule has 0 saturated carbocycles. The molecule has 0 aliphatic carbocycles. The highest BCUT2D eigenvalue weighted by atomic mass is 32.1. The maximum atomic E-state index is 14.6. The number of rotatable bonds is 6. The van der Waals surface area contributed by atoms with Crippen LogP contribution >= 0.6 is 11.3 Å². The fraction of sp³-hybridized carbons (Fsp3) is 0.381. The molecule has 0 atom stereocenters. The highest BCUT2D eigenvalue weighted by Crippen LogP contribution is 2.33. The first-order valence-electron chi connectivity index (χ1n) is 9.34. The lowest BCUT2D eigenvalue weighted by Gasteiger charge is -2.23. The second kappa shape index (κ2) is 7.80. The smallest absolute Gasteiger partial charge is 0.196 e. The minimum atomic E-state index is -0.421. The van der Waals surface area contributed by atoms with Gasteiger partial charge in [0.2, 0.25) is 0 Å². The van der Waals surface area contributed by atoms with E-state index in [1.54, 1.807) is 12.1 Å². The monoisotopic (exact) mass is 390 g/mol. The topological polar surface area (TPSA) is 23.6 Å². The van der Waals surface area contributed by atoms with E-state index in [9.17, 15) is 13.6 Å². The van der Waals surface area contributed by atoms with Crippen LogP contribution in [-0.2, 0) is 0 Å². The Labute approximate surface area is 161 Å². The van der Waals surface area contributed by atoms with Crippen molar-refractivity contribution in [3.05, 3.63) is 46.1 Å². The summed E-state index contributed by atoms with van der Waals surface area (Å²) in [5, 5.41) is 0.604. The van der Waals surface area contributed by atoms with Crippen LogP contribution in [0.15, 0.2) is 29.1 Å². The number of halogens is 2. The van der Waals surface area contributed by atoms with Crippen LogP contribution in [0.4, 0.5) is 20.2 Å². The van der Waals surface area contributed by atoms with Gasteiger partial charge in [-0.25, -0.2) is 8.78 Å². The normalized spacial score (nSPS) is 11.3.